The van der Waals surface area contributed by atoms with E-state index in [4.69, 9.17) is 0 Å². The van der Waals surface area contributed by atoms with Gasteiger partial charge in [0, 0.05) is 0 Å². The molecule has 0 nitrogen and oxygen atoms in total. The molecule has 0 N–H and O–H groups in total. The molecular weight excluding hydrogens is 865 g/mol. The third-order valence-electron chi connectivity index (χ3n) is 23.9. The first kappa shape index (κ1) is 56.9. The van der Waals surface area contributed by atoms with Crippen molar-refractivity contribution in [2.45, 2.75) is 290 Å². The number of unbranched alkanes of at least 4 members (excludes halogenated alkanes) is 1. The Morgan fingerprint density at radius 3 is 1.00 bits per heavy atom. The van der Waals surface area contributed by atoms with E-state index >= 15 is 0 Å². The number of benzene rings is 2. The van der Waals surface area contributed by atoms with Crippen LogP contribution in [0.1, 0.15) is 290 Å². The van der Waals surface area contributed by atoms with E-state index in [1.807, 2.05) is 0 Å². The molecule has 408 valence electrons. The molecule has 0 radical (unpaired) electrons. The Hall–Kier alpha value is -1.30. The van der Waals surface area contributed by atoms with Crippen LogP contribution in [0.2, 0.25) is 0 Å². The summed E-state index contributed by atoms with van der Waals surface area (Å²) >= 11 is 0. The van der Waals surface area contributed by atoms with Crippen LogP contribution >= 0.6 is 0 Å². The highest BCUT2D eigenvalue weighted by molar-refractivity contribution is 5.83. The predicted molar refractivity (Wildman–Crippen MR) is 316 cm³/mol. The van der Waals surface area contributed by atoms with Gasteiger partial charge in [-0.1, -0.05) is 198 Å². The van der Waals surface area contributed by atoms with Crippen molar-refractivity contribution in [3.63, 3.8) is 0 Å². The molecule has 0 heterocycles. The zero-order valence-electron chi connectivity index (χ0n) is 51.0. The molecule has 0 saturated heterocycles. The Morgan fingerprint density at radius 1 is 0.389 bits per heavy atom. The minimum atomic E-state index is 0.240. The van der Waals surface area contributed by atoms with Crippen molar-refractivity contribution in [3.8, 4) is 0 Å². The SMILES string of the molecule is C1CC2CCC1C2.CC(C)(C)C.CC(C)(C)C12CC3CC(CC(C3)C1)C2.CC(C)(C)c1ccc2ccccc2c1.CCC(C)(C)C12CC3CC(CC(C3)C1)C2.CCCCC(C)(C)C12CC3CC(CC(C3)C1)C2. The molecule has 16 rings (SSSR count). The summed E-state index contributed by atoms with van der Waals surface area (Å²) in [6, 6.07) is 15.2. The summed E-state index contributed by atoms with van der Waals surface area (Å²) in [5, 5.41) is 2.65. The Labute approximate surface area is 449 Å². The fourth-order valence-electron chi connectivity index (χ4n) is 20.0. The van der Waals surface area contributed by atoms with Gasteiger partial charge in [0.15, 0.2) is 0 Å². The molecule has 14 aliphatic rings. The zero-order valence-corrected chi connectivity index (χ0v) is 51.0. The van der Waals surface area contributed by atoms with Gasteiger partial charge >= 0.3 is 0 Å². The molecule has 0 atom stereocenters. The van der Waals surface area contributed by atoms with Crippen molar-refractivity contribution in [1.82, 2.24) is 0 Å². The summed E-state index contributed by atoms with van der Waals surface area (Å²) in [4.78, 5) is 0. The number of hydrogen-bond acceptors (Lipinski definition) is 0. The van der Waals surface area contributed by atoms with Crippen molar-refractivity contribution in [3.05, 3.63) is 48.0 Å². The Morgan fingerprint density at radius 2 is 0.708 bits per heavy atom. The van der Waals surface area contributed by atoms with E-state index in [0.29, 0.717) is 21.7 Å². The summed E-state index contributed by atoms with van der Waals surface area (Å²) in [5.41, 5.74) is 6.14. The van der Waals surface area contributed by atoms with E-state index in [2.05, 4.69) is 153 Å². The van der Waals surface area contributed by atoms with Crippen LogP contribution in [0, 0.1) is 103 Å². The lowest BCUT2D eigenvalue weighted by molar-refractivity contribution is -0.122. The molecular formula is C72H120. The van der Waals surface area contributed by atoms with E-state index < -0.39 is 0 Å². The van der Waals surface area contributed by atoms with Gasteiger partial charge in [0.2, 0.25) is 0 Å². The van der Waals surface area contributed by atoms with Crippen LogP contribution in [0.3, 0.4) is 0 Å². The summed E-state index contributed by atoms with van der Waals surface area (Å²) < 4.78 is 0. The second-order valence-electron chi connectivity index (χ2n) is 34.0. The average Bonchev–Trinajstić information content (AvgIpc) is 3.94. The van der Waals surface area contributed by atoms with E-state index in [1.54, 1.807) is 148 Å². The molecule has 0 aromatic heterocycles. The van der Waals surface area contributed by atoms with Gasteiger partial charge < -0.3 is 0 Å². The van der Waals surface area contributed by atoms with Crippen LogP contribution in [0.15, 0.2) is 42.5 Å². The normalized spacial score (nSPS) is 38.4. The number of fused-ring (bicyclic) bond motifs is 3. The maximum atomic E-state index is 2.59. The fraction of sp³-hybridized carbons (Fsp3) is 0.861. The second-order valence-corrected chi connectivity index (χ2v) is 34.0. The van der Waals surface area contributed by atoms with Crippen molar-refractivity contribution >= 4 is 10.8 Å². The fourth-order valence-corrected chi connectivity index (χ4v) is 20.0. The topological polar surface area (TPSA) is 0 Å². The van der Waals surface area contributed by atoms with Crippen LogP contribution < -0.4 is 0 Å². The van der Waals surface area contributed by atoms with Gasteiger partial charge in [-0.15, -0.1) is 0 Å². The molecule has 0 heteroatoms. The smallest absolute Gasteiger partial charge is 0.0132 e. The maximum absolute atomic E-state index is 2.59. The lowest BCUT2D eigenvalue weighted by atomic mass is 9.42. The van der Waals surface area contributed by atoms with Gasteiger partial charge in [-0.05, 0) is 253 Å². The monoisotopic (exact) mass is 985 g/mol. The van der Waals surface area contributed by atoms with E-state index in [-0.39, 0.29) is 5.41 Å². The van der Waals surface area contributed by atoms with Crippen molar-refractivity contribution in [1.29, 1.82) is 0 Å². The van der Waals surface area contributed by atoms with Gasteiger partial charge in [0.05, 0.1) is 0 Å². The standard InChI is InChI=1S/C17H30.C15H26.C14H24.C14H16.C7H12.C5H12/c1-4-5-6-16(2,3)17-10-13-7-14(11-17)9-15(8-13)12-17;1-4-14(2,3)15-8-11-5-12(9-15)7-13(6-11)10-15;1-13(2,3)14-7-10-4-11(8-14)6-12(5-10)9-14;1-14(2,3)13-9-8-11-6-4-5-7-12(11)10-13;1-2-7-4-3-6(1)5-7;1-5(2,3)4/h13-15H,4-12H2,1-3H3;11-13H,4-10H2,1-3H3;10-12H,4-9H2,1-3H3;4-10H,1-3H3;6-7H,1-5H2;1-4H3. The molecule has 0 spiro atoms. The second kappa shape index (κ2) is 21.9. The summed E-state index contributed by atoms with van der Waals surface area (Å²) in [6.45, 7) is 38.0. The molecule has 14 aliphatic carbocycles. The highest BCUT2D eigenvalue weighted by Gasteiger charge is 2.58. The molecule has 14 bridgehead atoms. The van der Waals surface area contributed by atoms with E-state index in [9.17, 15) is 0 Å². The minimum absolute atomic E-state index is 0.240. The molecule has 72 heavy (non-hydrogen) atoms. The number of rotatable bonds is 6. The van der Waals surface area contributed by atoms with Crippen LogP contribution in [-0.4, -0.2) is 0 Å². The predicted octanol–water partition coefficient (Wildman–Crippen LogP) is 22.7. The summed E-state index contributed by atoms with van der Waals surface area (Å²) in [7, 11) is 0. The van der Waals surface area contributed by atoms with Gasteiger partial charge in [0.25, 0.3) is 0 Å². The van der Waals surface area contributed by atoms with Gasteiger partial charge in [-0.3, -0.25) is 0 Å². The Kier molecular flexibility index (Phi) is 17.3. The highest BCUT2D eigenvalue weighted by Crippen LogP contribution is 2.69. The highest BCUT2D eigenvalue weighted by atomic mass is 14.6. The van der Waals surface area contributed by atoms with Crippen LogP contribution in [0.25, 0.3) is 10.8 Å². The zero-order chi connectivity index (χ0) is 52.1. The lowest BCUT2D eigenvalue weighted by Crippen LogP contribution is -2.52. The molecule has 0 amide bonds. The quantitative estimate of drug-likeness (QED) is 0.271. The van der Waals surface area contributed by atoms with Gasteiger partial charge in [0.1, 0.15) is 0 Å². The van der Waals surface area contributed by atoms with E-state index in [1.165, 1.54) is 53.9 Å². The van der Waals surface area contributed by atoms with Crippen LogP contribution in [0.4, 0.5) is 0 Å². The Bertz CT molecular complexity index is 1900. The van der Waals surface area contributed by atoms with Gasteiger partial charge in [-0.25, -0.2) is 0 Å². The van der Waals surface area contributed by atoms with Crippen molar-refractivity contribution in [2.24, 2.45) is 103 Å². The molecule has 14 fully saturated rings. The molecule has 14 saturated carbocycles. The molecule has 2 aromatic rings. The van der Waals surface area contributed by atoms with Gasteiger partial charge in [-0.2, -0.15) is 0 Å². The average molecular weight is 986 g/mol. The third kappa shape index (κ3) is 13.2. The van der Waals surface area contributed by atoms with Crippen LogP contribution in [0.5, 0.6) is 0 Å². The lowest BCUT2D eigenvalue weighted by Gasteiger charge is -2.62. The summed E-state index contributed by atoms with van der Waals surface area (Å²) in [6.07, 6.45) is 41.8. The largest absolute Gasteiger partial charge is 0.0654 e. The third-order valence-corrected chi connectivity index (χ3v) is 23.9. The molecule has 2 aromatic carbocycles. The van der Waals surface area contributed by atoms with E-state index in [0.717, 1.165) is 69.5 Å². The van der Waals surface area contributed by atoms with Crippen molar-refractivity contribution < 1.29 is 0 Å². The number of hydrogen-bond donors (Lipinski definition) is 0. The Balaban J connectivity index is 0.000000119. The first-order chi connectivity index (χ1) is 33.6. The molecule has 0 aliphatic heterocycles. The van der Waals surface area contributed by atoms with Crippen molar-refractivity contribution in [2.75, 3.05) is 0 Å². The maximum Gasteiger partial charge on any atom is -0.0132 e. The van der Waals surface area contributed by atoms with Crippen LogP contribution in [-0.2, 0) is 5.41 Å². The summed E-state index contributed by atoms with van der Waals surface area (Å²) in [5.74, 6) is 12.4. The molecule has 0 unspecified atom stereocenters. The first-order valence-corrected chi connectivity index (χ1v) is 32.1. The first-order valence-electron chi connectivity index (χ1n) is 32.1. The minimum Gasteiger partial charge on any atom is -0.0654 e.